The van der Waals surface area contributed by atoms with Crippen molar-refractivity contribution in [3.05, 3.63) is 65.1 Å². The van der Waals surface area contributed by atoms with Crippen LogP contribution < -0.4 is 10.6 Å². The maximum absolute atomic E-state index is 14.1. The van der Waals surface area contributed by atoms with Gasteiger partial charge in [-0.3, -0.25) is 0 Å². The predicted molar refractivity (Wildman–Crippen MR) is 134 cm³/mol. The van der Waals surface area contributed by atoms with E-state index in [1.165, 1.54) is 17.4 Å². The summed E-state index contributed by atoms with van der Waals surface area (Å²) in [5, 5.41) is 37.9. The molecule has 182 valence electrons. The quantitative estimate of drug-likeness (QED) is 0.185. The van der Waals surface area contributed by atoms with E-state index in [-0.39, 0.29) is 42.3 Å². The summed E-state index contributed by atoms with van der Waals surface area (Å²) in [6.45, 7) is -0.141. The van der Waals surface area contributed by atoms with E-state index in [4.69, 9.17) is 11.6 Å². The van der Waals surface area contributed by atoms with Crippen molar-refractivity contribution in [1.29, 1.82) is 0 Å². The lowest BCUT2D eigenvalue weighted by Gasteiger charge is -2.30. The summed E-state index contributed by atoms with van der Waals surface area (Å²) in [5.41, 5.74) is -0.166. The molecule has 8 nitrogen and oxygen atoms in total. The van der Waals surface area contributed by atoms with Crippen LogP contribution in [-0.2, 0) is 6.54 Å². The Hall–Kier alpha value is -2.89. The van der Waals surface area contributed by atoms with Crippen molar-refractivity contribution in [1.82, 2.24) is 15.0 Å². The van der Waals surface area contributed by atoms with E-state index in [1.807, 2.05) is 24.3 Å². The number of fused-ring (bicyclic) bond motifs is 1. The minimum absolute atomic E-state index is 0.0763. The van der Waals surface area contributed by atoms with Gasteiger partial charge in [0.05, 0.1) is 15.8 Å². The van der Waals surface area contributed by atoms with E-state index in [0.717, 1.165) is 10.2 Å². The molecule has 1 fully saturated rings. The molecule has 35 heavy (non-hydrogen) atoms. The van der Waals surface area contributed by atoms with Gasteiger partial charge in [-0.1, -0.05) is 41.9 Å². The number of nitrogens with zero attached hydrogens (tertiary/aromatic N) is 3. The van der Waals surface area contributed by atoms with Gasteiger partial charge in [-0.2, -0.15) is 4.98 Å². The Kier molecular flexibility index (Phi) is 6.56. The second-order valence-corrected chi connectivity index (χ2v) is 9.86. The summed E-state index contributed by atoms with van der Waals surface area (Å²) in [6, 6.07) is 13.9. The largest absolute Gasteiger partial charge is 0.396 e. The number of nitrogens with one attached hydrogen (secondary N) is 2. The van der Waals surface area contributed by atoms with Crippen LogP contribution in [0.15, 0.2) is 48.5 Å². The second kappa shape index (κ2) is 9.63. The fourth-order valence-corrected chi connectivity index (χ4v) is 5.55. The van der Waals surface area contributed by atoms with Crippen LogP contribution in [0.2, 0.25) is 5.15 Å². The molecule has 2 heterocycles. The number of para-hydroxylation sites is 1. The van der Waals surface area contributed by atoms with Gasteiger partial charge in [0.1, 0.15) is 27.9 Å². The van der Waals surface area contributed by atoms with E-state index in [2.05, 4.69) is 25.6 Å². The number of anilines is 2. The molecule has 1 aliphatic carbocycles. The van der Waals surface area contributed by atoms with E-state index in [1.54, 1.807) is 18.2 Å². The van der Waals surface area contributed by atoms with E-state index >= 15 is 0 Å². The second-order valence-electron chi connectivity index (χ2n) is 8.47. The number of thiazole rings is 1. The molecule has 4 aromatic rings. The van der Waals surface area contributed by atoms with Gasteiger partial charge in [0.15, 0.2) is 5.72 Å². The van der Waals surface area contributed by atoms with Crippen LogP contribution in [0.1, 0.15) is 18.4 Å². The Morgan fingerprint density at radius 1 is 1.11 bits per heavy atom. The highest BCUT2D eigenvalue weighted by atomic mass is 35.5. The zero-order valence-corrected chi connectivity index (χ0v) is 20.0. The molecular weight excluding hydrogens is 493 g/mol. The van der Waals surface area contributed by atoms with Crippen LogP contribution in [-0.4, -0.2) is 48.7 Å². The maximum atomic E-state index is 14.1. The van der Waals surface area contributed by atoms with Gasteiger partial charge in [0, 0.05) is 24.6 Å². The first-order chi connectivity index (χ1) is 16.9. The van der Waals surface area contributed by atoms with Crippen molar-refractivity contribution in [3.8, 4) is 10.6 Å². The van der Waals surface area contributed by atoms with Gasteiger partial charge in [-0.05, 0) is 31.0 Å². The van der Waals surface area contributed by atoms with Gasteiger partial charge in [-0.15, -0.1) is 11.3 Å². The average Bonchev–Trinajstić information content (AvgIpc) is 3.39. The maximum Gasteiger partial charge on any atom is 0.226 e. The lowest BCUT2D eigenvalue weighted by Crippen LogP contribution is -2.48. The average molecular weight is 516 g/mol. The Labute approximate surface area is 209 Å². The summed E-state index contributed by atoms with van der Waals surface area (Å²) < 4.78 is 15.0. The number of benzene rings is 2. The fourth-order valence-electron chi connectivity index (χ4n) is 4.22. The Morgan fingerprint density at radius 2 is 1.89 bits per heavy atom. The van der Waals surface area contributed by atoms with Crippen LogP contribution in [0.4, 0.5) is 16.2 Å². The number of rotatable bonds is 7. The lowest BCUT2D eigenvalue weighted by atomic mass is 10.0. The summed E-state index contributed by atoms with van der Waals surface area (Å²) >= 11 is 8.00. The molecule has 0 amide bonds. The predicted octanol–water partition coefficient (Wildman–Crippen LogP) is 4.02. The molecule has 5 rings (SSSR count). The highest BCUT2D eigenvalue weighted by Gasteiger charge is 2.47. The molecule has 3 atom stereocenters. The Bertz CT molecular complexity index is 1340. The number of aliphatic hydroxyl groups is 3. The van der Waals surface area contributed by atoms with E-state index < -0.39 is 17.7 Å². The summed E-state index contributed by atoms with van der Waals surface area (Å²) in [6.07, 6.45) is -0.605. The standard InChI is InChI=1S/C24H23ClFN5O3S/c25-20-18(22-28-16-7-3-4-8-17(16)35-22)21(31-24(34)10-9-14(12-32)19(24)33)30-23(29-20)27-11-13-5-1-2-6-15(13)26/h1-8,14,19,32-34H,9-12H2,(H2,27,29,30,31). The number of aliphatic hydroxyl groups excluding tert-OH is 2. The van der Waals surface area contributed by atoms with Crippen molar-refractivity contribution in [3.63, 3.8) is 0 Å². The lowest BCUT2D eigenvalue weighted by molar-refractivity contribution is -0.0545. The minimum Gasteiger partial charge on any atom is -0.396 e. The fraction of sp³-hybridized carbons (Fsp3) is 0.292. The first-order valence-electron chi connectivity index (χ1n) is 11.1. The van der Waals surface area contributed by atoms with Gasteiger partial charge in [0.2, 0.25) is 5.95 Å². The topological polar surface area (TPSA) is 123 Å². The van der Waals surface area contributed by atoms with Gasteiger partial charge >= 0.3 is 0 Å². The number of hydrogen-bond donors (Lipinski definition) is 5. The highest BCUT2D eigenvalue weighted by molar-refractivity contribution is 7.21. The van der Waals surface area contributed by atoms with Crippen molar-refractivity contribution < 1.29 is 19.7 Å². The third kappa shape index (κ3) is 4.67. The van der Waals surface area contributed by atoms with Gasteiger partial charge in [-0.25, -0.2) is 14.4 Å². The summed E-state index contributed by atoms with van der Waals surface area (Å²) in [5.74, 6) is -0.566. The van der Waals surface area contributed by atoms with Crippen LogP contribution in [0, 0.1) is 11.7 Å². The molecule has 0 spiro atoms. The first-order valence-corrected chi connectivity index (χ1v) is 12.3. The van der Waals surface area contributed by atoms with E-state index in [0.29, 0.717) is 22.6 Å². The Morgan fingerprint density at radius 3 is 2.63 bits per heavy atom. The number of aromatic nitrogens is 3. The molecule has 0 aliphatic heterocycles. The summed E-state index contributed by atoms with van der Waals surface area (Å²) in [7, 11) is 0. The zero-order valence-electron chi connectivity index (χ0n) is 18.4. The van der Waals surface area contributed by atoms with Crippen molar-refractivity contribution in [2.75, 3.05) is 17.2 Å². The zero-order chi connectivity index (χ0) is 24.6. The van der Waals surface area contributed by atoms with Gasteiger partial charge in [0.25, 0.3) is 0 Å². The minimum atomic E-state index is -1.74. The molecule has 11 heteroatoms. The molecule has 5 N–H and O–H groups in total. The molecular formula is C24H23ClFN5O3S. The third-order valence-corrected chi connectivity index (χ3v) is 7.50. The van der Waals surface area contributed by atoms with Crippen molar-refractivity contribution in [2.45, 2.75) is 31.2 Å². The molecule has 1 aliphatic rings. The van der Waals surface area contributed by atoms with Crippen LogP contribution in [0.25, 0.3) is 20.8 Å². The normalized spacial score (nSPS) is 22.0. The molecule has 0 radical (unpaired) electrons. The SMILES string of the molecule is OCC1CCC(O)(Nc2nc(NCc3ccccc3F)nc(Cl)c2-c2nc3ccccc3s2)C1O. The Balaban J connectivity index is 1.54. The van der Waals surface area contributed by atoms with Crippen LogP contribution >= 0.6 is 22.9 Å². The van der Waals surface area contributed by atoms with Crippen molar-refractivity contribution in [2.24, 2.45) is 5.92 Å². The van der Waals surface area contributed by atoms with Crippen LogP contribution in [0.3, 0.4) is 0 Å². The third-order valence-electron chi connectivity index (χ3n) is 6.17. The number of halogens is 2. The highest BCUT2D eigenvalue weighted by Crippen LogP contribution is 2.42. The van der Waals surface area contributed by atoms with Gasteiger partial charge < -0.3 is 26.0 Å². The molecule has 0 saturated heterocycles. The molecule has 3 unspecified atom stereocenters. The summed E-state index contributed by atoms with van der Waals surface area (Å²) in [4.78, 5) is 13.5. The monoisotopic (exact) mass is 515 g/mol. The smallest absolute Gasteiger partial charge is 0.226 e. The molecule has 2 aromatic heterocycles. The molecule has 2 aromatic carbocycles. The van der Waals surface area contributed by atoms with Crippen molar-refractivity contribution >= 4 is 44.9 Å². The molecule has 1 saturated carbocycles. The first kappa shape index (κ1) is 23.8. The van der Waals surface area contributed by atoms with Crippen LogP contribution in [0.5, 0.6) is 0 Å². The number of hydrogen-bond acceptors (Lipinski definition) is 9. The van der Waals surface area contributed by atoms with E-state index in [9.17, 15) is 19.7 Å². The molecule has 0 bridgehead atoms.